The summed E-state index contributed by atoms with van der Waals surface area (Å²) in [6.45, 7) is 1.72. The summed E-state index contributed by atoms with van der Waals surface area (Å²) in [7, 11) is 0. The number of hydrogen-bond acceptors (Lipinski definition) is 6. The van der Waals surface area contributed by atoms with E-state index < -0.39 is 11.3 Å². The van der Waals surface area contributed by atoms with E-state index in [2.05, 4.69) is 15.1 Å². The van der Waals surface area contributed by atoms with Crippen LogP contribution in [-0.2, 0) is 6.42 Å². The Morgan fingerprint density at radius 2 is 1.86 bits per heavy atom. The number of hydrogen-bond donors (Lipinski definition) is 1. The van der Waals surface area contributed by atoms with Crippen LogP contribution in [-0.4, -0.2) is 26.7 Å². The van der Waals surface area contributed by atoms with E-state index in [1.54, 1.807) is 55.7 Å². The van der Waals surface area contributed by atoms with Crippen LogP contribution in [0, 0.1) is 6.92 Å². The number of benzene rings is 2. The molecule has 0 atom stereocenters. The zero-order valence-electron chi connectivity index (χ0n) is 19.4. The van der Waals surface area contributed by atoms with E-state index in [0.717, 1.165) is 5.56 Å². The molecule has 0 saturated carbocycles. The SMILES string of the molecule is Cc1cc(C(=O)Cc2ccc3[nH]c(=O)c(C(=O)/C=C/c4ccccc4)c(-c4cccnc4)c3c2)no1. The zero-order chi connectivity index (χ0) is 25.1. The van der Waals surface area contributed by atoms with E-state index in [0.29, 0.717) is 33.4 Å². The molecular formula is C29H21N3O4. The summed E-state index contributed by atoms with van der Waals surface area (Å²) in [6, 6.07) is 19.8. The molecule has 0 amide bonds. The number of aryl methyl sites for hydroxylation is 1. The fourth-order valence-corrected chi connectivity index (χ4v) is 4.09. The van der Waals surface area contributed by atoms with Crippen molar-refractivity contribution in [2.24, 2.45) is 0 Å². The van der Waals surface area contributed by atoms with Crippen LogP contribution in [0.25, 0.3) is 28.1 Å². The standard InChI is InChI=1S/C29H21N3O4/c1-18-14-24(32-36-18)26(34)16-20-9-11-23-22(15-20)27(21-8-5-13-30-17-21)28(29(35)31-23)25(33)12-10-19-6-3-2-4-7-19/h2-15,17H,16H2,1H3,(H,31,35)/b12-10+. The summed E-state index contributed by atoms with van der Waals surface area (Å²) >= 11 is 0. The van der Waals surface area contributed by atoms with Crippen molar-refractivity contribution in [1.29, 1.82) is 0 Å². The number of aromatic amines is 1. The minimum Gasteiger partial charge on any atom is -0.361 e. The topological polar surface area (TPSA) is 106 Å². The van der Waals surface area contributed by atoms with Crippen LogP contribution in [0.15, 0.2) is 94.5 Å². The van der Waals surface area contributed by atoms with E-state index >= 15 is 0 Å². The highest BCUT2D eigenvalue weighted by Gasteiger charge is 2.20. The summed E-state index contributed by atoms with van der Waals surface area (Å²) in [5.41, 5.74) is 2.97. The number of nitrogens with one attached hydrogen (secondary N) is 1. The lowest BCUT2D eigenvalue weighted by molar-refractivity contribution is 0.0983. The van der Waals surface area contributed by atoms with Gasteiger partial charge in [0.25, 0.3) is 5.56 Å². The van der Waals surface area contributed by atoms with Gasteiger partial charge in [-0.2, -0.15) is 0 Å². The fraction of sp³-hybridized carbons (Fsp3) is 0.0690. The summed E-state index contributed by atoms with van der Waals surface area (Å²) in [6.07, 6.45) is 6.39. The maximum Gasteiger partial charge on any atom is 0.260 e. The highest BCUT2D eigenvalue weighted by molar-refractivity contribution is 6.15. The van der Waals surface area contributed by atoms with E-state index in [1.165, 1.54) is 6.08 Å². The molecule has 0 saturated heterocycles. The second-order valence-electron chi connectivity index (χ2n) is 8.36. The summed E-state index contributed by atoms with van der Waals surface area (Å²) in [4.78, 5) is 46.2. The van der Waals surface area contributed by atoms with Crippen LogP contribution < -0.4 is 5.56 Å². The first-order valence-electron chi connectivity index (χ1n) is 11.3. The lowest BCUT2D eigenvalue weighted by Gasteiger charge is -2.12. The second-order valence-corrected chi connectivity index (χ2v) is 8.36. The molecule has 0 radical (unpaired) electrons. The van der Waals surface area contributed by atoms with Crippen LogP contribution in [0.4, 0.5) is 0 Å². The Hall–Kier alpha value is -4.91. The maximum atomic E-state index is 13.3. The van der Waals surface area contributed by atoms with Crippen molar-refractivity contribution in [3.05, 3.63) is 124 Å². The number of ketones is 2. The van der Waals surface area contributed by atoms with Gasteiger partial charge in [0, 0.05) is 46.9 Å². The molecule has 0 unspecified atom stereocenters. The van der Waals surface area contributed by atoms with Crippen LogP contribution in [0.2, 0.25) is 0 Å². The third-order valence-corrected chi connectivity index (χ3v) is 5.78. The number of Topliss-reactive ketones (excluding diaryl/α,β-unsaturated/α-hetero) is 1. The molecule has 0 aliphatic rings. The summed E-state index contributed by atoms with van der Waals surface area (Å²) in [5.74, 6) is -0.0685. The Labute approximate surface area is 206 Å². The number of allylic oxidation sites excluding steroid dienone is 1. The Kier molecular flexibility index (Phi) is 6.19. The lowest BCUT2D eigenvalue weighted by Crippen LogP contribution is -2.19. The third-order valence-electron chi connectivity index (χ3n) is 5.78. The normalized spacial score (nSPS) is 11.2. The predicted octanol–water partition coefficient (Wildman–Crippen LogP) is 5.21. The van der Waals surface area contributed by atoms with Gasteiger partial charge in [-0.25, -0.2) is 0 Å². The molecule has 5 aromatic rings. The average molecular weight is 476 g/mol. The number of rotatable bonds is 7. The number of carbonyl (C=O) groups is 2. The van der Waals surface area contributed by atoms with E-state index in [1.807, 2.05) is 36.4 Å². The molecule has 3 aromatic heterocycles. The van der Waals surface area contributed by atoms with Gasteiger partial charge in [-0.3, -0.25) is 19.4 Å². The van der Waals surface area contributed by atoms with Crippen molar-refractivity contribution in [2.45, 2.75) is 13.3 Å². The van der Waals surface area contributed by atoms with E-state index in [4.69, 9.17) is 4.52 Å². The largest absolute Gasteiger partial charge is 0.361 e. The van der Waals surface area contributed by atoms with Crippen LogP contribution >= 0.6 is 0 Å². The van der Waals surface area contributed by atoms with E-state index in [9.17, 15) is 14.4 Å². The maximum absolute atomic E-state index is 13.3. The first kappa shape index (κ1) is 22.9. The highest BCUT2D eigenvalue weighted by Crippen LogP contribution is 2.30. The molecule has 176 valence electrons. The van der Waals surface area contributed by atoms with Gasteiger partial charge in [0.05, 0.1) is 5.56 Å². The third kappa shape index (κ3) is 4.67. The molecule has 3 heterocycles. The van der Waals surface area contributed by atoms with Crippen molar-refractivity contribution in [3.8, 4) is 11.1 Å². The molecule has 1 N–H and O–H groups in total. The summed E-state index contributed by atoms with van der Waals surface area (Å²) in [5, 5.41) is 4.44. The van der Waals surface area contributed by atoms with Crippen molar-refractivity contribution in [3.63, 3.8) is 0 Å². The molecule has 0 fully saturated rings. The first-order valence-corrected chi connectivity index (χ1v) is 11.3. The first-order chi connectivity index (χ1) is 17.5. The van der Waals surface area contributed by atoms with E-state index in [-0.39, 0.29) is 23.5 Å². The van der Waals surface area contributed by atoms with Crippen molar-refractivity contribution in [2.75, 3.05) is 0 Å². The van der Waals surface area contributed by atoms with Crippen LogP contribution in [0.1, 0.15) is 37.7 Å². The number of H-pyrrole nitrogens is 1. The van der Waals surface area contributed by atoms with Gasteiger partial charge in [0.1, 0.15) is 11.5 Å². The van der Waals surface area contributed by atoms with Crippen molar-refractivity contribution >= 4 is 28.5 Å². The molecule has 0 aliphatic carbocycles. The van der Waals surface area contributed by atoms with Gasteiger partial charge in [-0.05, 0) is 42.3 Å². The molecule has 0 bridgehead atoms. The van der Waals surface area contributed by atoms with Crippen LogP contribution in [0.3, 0.4) is 0 Å². The Balaban J connectivity index is 1.63. The smallest absolute Gasteiger partial charge is 0.260 e. The number of fused-ring (bicyclic) bond motifs is 1. The van der Waals surface area contributed by atoms with Gasteiger partial charge < -0.3 is 9.51 Å². The Morgan fingerprint density at radius 3 is 2.58 bits per heavy atom. The Bertz CT molecular complexity index is 1670. The fourth-order valence-electron chi connectivity index (χ4n) is 4.09. The average Bonchev–Trinajstić information content (AvgIpc) is 3.34. The van der Waals surface area contributed by atoms with Crippen molar-refractivity contribution < 1.29 is 14.1 Å². The van der Waals surface area contributed by atoms with Gasteiger partial charge in [-0.15, -0.1) is 0 Å². The molecule has 0 aliphatic heterocycles. The molecule has 2 aromatic carbocycles. The number of aromatic nitrogens is 3. The minimum atomic E-state index is -0.494. The molecule has 5 rings (SSSR count). The monoisotopic (exact) mass is 475 g/mol. The predicted molar refractivity (Wildman–Crippen MR) is 137 cm³/mol. The molecule has 36 heavy (non-hydrogen) atoms. The summed E-state index contributed by atoms with van der Waals surface area (Å²) < 4.78 is 5.02. The highest BCUT2D eigenvalue weighted by atomic mass is 16.5. The van der Waals surface area contributed by atoms with Crippen LogP contribution in [0.5, 0.6) is 0 Å². The van der Waals surface area contributed by atoms with Gasteiger partial charge in [-0.1, -0.05) is 53.7 Å². The number of carbonyl (C=O) groups excluding carboxylic acids is 2. The minimum absolute atomic E-state index is 0.0123. The van der Waals surface area contributed by atoms with Gasteiger partial charge >= 0.3 is 0 Å². The molecule has 7 nitrogen and oxygen atoms in total. The van der Waals surface area contributed by atoms with Gasteiger partial charge in [0.2, 0.25) is 0 Å². The van der Waals surface area contributed by atoms with Gasteiger partial charge in [0.15, 0.2) is 11.6 Å². The number of pyridine rings is 2. The second kappa shape index (κ2) is 9.76. The zero-order valence-corrected chi connectivity index (χ0v) is 19.4. The quantitative estimate of drug-likeness (QED) is 0.256. The Morgan fingerprint density at radius 1 is 1.03 bits per heavy atom. The lowest BCUT2D eigenvalue weighted by atomic mass is 9.93. The molecule has 0 spiro atoms. The molecule has 7 heteroatoms. The van der Waals surface area contributed by atoms with Crippen molar-refractivity contribution in [1.82, 2.24) is 15.1 Å². The molecular weight excluding hydrogens is 454 g/mol. The number of nitrogens with zero attached hydrogens (tertiary/aromatic N) is 2.